The number of hydrogen-bond acceptors (Lipinski definition) is 10. The zero-order valence-electron chi connectivity index (χ0n) is 22.6. The van der Waals surface area contributed by atoms with Gasteiger partial charge < -0.3 is 35.1 Å². The van der Waals surface area contributed by atoms with Gasteiger partial charge in [0.25, 0.3) is 5.91 Å². The van der Waals surface area contributed by atoms with E-state index in [9.17, 15) is 23.8 Å². The first-order chi connectivity index (χ1) is 20.1. The number of aliphatic hydroxyl groups is 2. The first kappa shape index (κ1) is 30.2. The fraction of sp³-hybridized carbons (Fsp3) is 0.259. The highest BCUT2D eigenvalue weighted by Gasteiger charge is 2.41. The number of alkyl halides is 2. The number of nitrogens with zero attached hydrogens (tertiary/aromatic N) is 3. The topological polar surface area (TPSA) is 129 Å². The fourth-order valence-electron chi connectivity index (χ4n) is 4.27. The van der Waals surface area contributed by atoms with E-state index >= 15 is 8.78 Å². The van der Waals surface area contributed by atoms with E-state index in [2.05, 4.69) is 20.4 Å². The molecule has 2 aromatic carbocycles. The van der Waals surface area contributed by atoms with Crippen LogP contribution in [0.25, 0.3) is 5.70 Å². The van der Waals surface area contributed by atoms with Crippen molar-refractivity contribution in [1.82, 2.24) is 15.3 Å². The zero-order chi connectivity index (χ0) is 30.6. The molecule has 2 heterocycles. The maximum Gasteiger partial charge on any atom is 0.387 e. The van der Waals surface area contributed by atoms with Crippen molar-refractivity contribution < 1.29 is 46.8 Å². The van der Waals surface area contributed by atoms with Crippen LogP contribution < -0.4 is 29.9 Å². The minimum Gasteiger partial charge on any atom is -0.497 e. The monoisotopic (exact) mass is 593 g/mol. The Morgan fingerprint density at radius 2 is 1.64 bits per heavy atom. The van der Waals surface area contributed by atoms with Crippen molar-refractivity contribution in [1.29, 1.82) is 0 Å². The summed E-state index contributed by atoms with van der Waals surface area (Å²) in [4.78, 5) is 17.6. The number of nitrogens with one attached hydrogen (secondary N) is 2. The Kier molecular flexibility index (Phi) is 9.22. The Bertz CT molecular complexity index is 1450. The standard InChI is InChI=1S/C27H27F4N5O6/c1-35-24(22-18(28)10-16(40-2)11-19(22)29)23(34-25(38)14-4-6-15(7-5-14)42-27(30)31)26(39)36(35)21-13-17(41-3)12-20(33-21)32-8-9-37/h4-7,10-13,26-27,37,39H,8-9H2,1-3H3,(H,32,33)(H,34,38). The summed E-state index contributed by atoms with van der Waals surface area (Å²) < 4.78 is 70.3. The molecule has 0 spiro atoms. The molecular weight excluding hydrogens is 566 g/mol. The van der Waals surface area contributed by atoms with Gasteiger partial charge in [0.1, 0.15) is 34.7 Å². The summed E-state index contributed by atoms with van der Waals surface area (Å²) in [5.41, 5.74) is -1.17. The lowest BCUT2D eigenvalue weighted by Gasteiger charge is -2.32. The molecule has 1 aromatic heterocycles. The number of ether oxygens (including phenoxy) is 3. The molecule has 1 unspecified atom stereocenters. The SMILES string of the molecule is COc1cc(NCCO)nc(N2C(O)C(NC(=O)c3ccc(OC(F)F)cc3)=C(c3c(F)cc(OC)cc3F)N2C)c1. The van der Waals surface area contributed by atoms with Crippen LogP contribution >= 0.6 is 0 Å². The summed E-state index contributed by atoms with van der Waals surface area (Å²) in [5.74, 6) is -2.60. The van der Waals surface area contributed by atoms with Crippen molar-refractivity contribution in [2.24, 2.45) is 0 Å². The Balaban J connectivity index is 1.79. The molecule has 1 atom stereocenters. The lowest BCUT2D eigenvalue weighted by molar-refractivity contribution is -0.0498. The highest BCUT2D eigenvalue weighted by atomic mass is 19.3. The molecule has 1 aliphatic heterocycles. The molecule has 1 amide bonds. The number of methoxy groups -OCH3 is 2. The Morgan fingerprint density at radius 1 is 1.02 bits per heavy atom. The predicted molar refractivity (Wildman–Crippen MR) is 143 cm³/mol. The number of halogens is 4. The normalized spacial score (nSPS) is 14.9. The van der Waals surface area contributed by atoms with Crippen LogP contribution in [0, 0.1) is 11.6 Å². The highest BCUT2D eigenvalue weighted by Crippen LogP contribution is 2.39. The Hall–Kier alpha value is -4.76. The summed E-state index contributed by atoms with van der Waals surface area (Å²) in [6.45, 7) is -3.12. The molecule has 42 heavy (non-hydrogen) atoms. The van der Waals surface area contributed by atoms with E-state index < -0.39 is 35.9 Å². The van der Waals surface area contributed by atoms with Crippen LogP contribution in [0.3, 0.4) is 0 Å². The van der Waals surface area contributed by atoms with Crippen molar-refractivity contribution in [3.05, 3.63) is 77.0 Å². The van der Waals surface area contributed by atoms with E-state index in [0.29, 0.717) is 5.75 Å². The third-order valence-electron chi connectivity index (χ3n) is 6.14. The summed E-state index contributed by atoms with van der Waals surface area (Å²) >= 11 is 0. The molecular formula is C27H27F4N5O6. The Labute approximate surface area is 237 Å². The molecule has 4 N–H and O–H groups in total. The van der Waals surface area contributed by atoms with Gasteiger partial charge in [-0.1, -0.05) is 0 Å². The lowest BCUT2D eigenvalue weighted by Crippen LogP contribution is -2.43. The number of hydrazine groups is 1. The molecule has 1 aliphatic rings. The van der Waals surface area contributed by atoms with E-state index in [1.165, 1.54) is 50.5 Å². The van der Waals surface area contributed by atoms with Gasteiger partial charge in [0.05, 0.1) is 37.8 Å². The summed E-state index contributed by atoms with van der Waals surface area (Å²) in [7, 11) is 4.02. The molecule has 0 radical (unpaired) electrons. The maximum absolute atomic E-state index is 15.3. The molecule has 224 valence electrons. The molecule has 0 fully saturated rings. The van der Waals surface area contributed by atoms with Crippen LogP contribution in [0.4, 0.5) is 29.2 Å². The highest BCUT2D eigenvalue weighted by molar-refractivity contribution is 5.97. The average molecular weight is 594 g/mol. The van der Waals surface area contributed by atoms with Gasteiger partial charge >= 0.3 is 6.61 Å². The summed E-state index contributed by atoms with van der Waals surface area (Å²) in [6.07, 6.45) is -1.73. The Morgan fingerprint density at radius 3 is 2.21 bits per heavy atom. The van der Waals surface area contributed by atoms with E-state index in [4.69, 9.17) is 9.47 Å². The van der Waals surface area contributed by atoms with Crippen LogP contribution in [0.15, 0.2) is 54.2 Å². The second-order valence-corrected chi connectivity index (χ2v) is 8.73. The number of pyridine rings is 1. The lowest BCUT2D eigenvalue weighted by atomic mass is 10.1. The number of carbonyl (C=O) groups is 1. The van der Waals surface area contributed by atoms with Gasteiger partial charge in [0, 0.05) is 43.4 Å². The van der Waals surface area contributed by atoms with Crippen LogP contribution in [-0.2, 0) is 0 Å². The van der Waals surface area contributed by atoms with Crippen molar-refractivity contribution in [2.75, 3.05) is 44.7 Å². The van der Waals surface area contributed by atoms with Gasteiger partial charge in [-0.2, -0.15) is 8.78 Å². The first-order valence-corrected chi connectivity index (χ1v) is 12.3. The second-order valence-electron chi connectivity index (χ2n) is 8.73. The van der Waals surface area contributed by atoms with Crippen LogP contribution in [0.2, 0.25) is 0 Å². The average Bonchev–Trinajstić information content (AvgIpc) is 3.19. The third-order valence-corrected chi connectivity index (χ3v) is 6.14. The second kappa shape index (κ2) is 12.8. The van der Waals surface area contributed by atoms with Crippen LogP contribution in [0.1, 0.15) is 15.9 Å². The van der Waals surface area contributed by atoms with Crippen molar-refractivity contribution >= 4 is 23.2 Å². The maximum atomic E-state index is 15.3. The summed E-state index contributed by atoms with van der Waals surface area (Å²) in [6, 6.07) is 9.54. The molecule has 0 aliphatic carbocycles. The number of benzene rings is 2. The fourth-order valence-corrected chi connectivity index (χ4v) is 4.27. The number of rotatable bonds is 11. The van der Waals surface area contributed by atoms with Crippen LogP contribution in [0.5, 0.6) is 17.2 Å². The molecule has 0 bridgehead atoms. The molecule has 4 rings (SSSR count). The van der Waals surface area contributed by atoms with Gasteiger partial charge in [-0.3, -0.25) is 9.80 Å². The minimum atomic E-state index is -3.06. The number of aromatic nitrogens is 1. The van der Waals surface area contributed by atoms with E-state index in [1.807, 2.05) is 0 Å². The van der Waals surface area contributed by atoms with E-state index in [1.54, 1.807) is 0 Å². The number of amides is 1. The third kappa shape index (κ3) is 6.26. The number of aliphatic hydroxyl groups excluding tert-OH is 2. The molecule has 0 saturated heterocycles. The molecule has 15 heteroatoms. The number of hydrogen-bond donors (Lipinski definition) is 4. The smallest absolute Gasteiger partial charge is 0.387 e. The summed E-state index contributed by atoms with van der Waals surface area (Å²) in [5, 5.41) is 28.4. The van der Waals surface area contributed by atoms with Gasteiger partial charge in [0.2, 0.25) is 0 Å². The van der Waals surface area contributed by atoms with Gasteiger partial charge in [-0.15, -0.1) is 0 Å². The predicted octanol–water partition coefficient (Wildman–Crippen LogP) is 3.17. The number of anilines is 2. The quantitative estimate of drug-likeness (QED) is 0.246. The zero-order valence-corrected chi connectivity index (χ0v) is 22.6. The van der Waals surface area contributed by atoms with Crippen molar-refractivity contribution in [2.45, 2.75) is 12.8 Å². The molecule has 11 nitrogen and oxygen atoms in total. The first-order valence-electron chi connectivity index (χ1n) is 12.3. The number of carbonyl (C=O) groups excluding carboxylic acids is 1. The largest absolute Gasteiger partial charge is 0.497 e. The molecule has 3 aromatic rings. The van der Waals surface area contributed by atoms with Crippen LogP contribution in [-0.4, -0.2) is 73.4 Å². The molecule has 0 saturated carbocycles. The van der Waals surface area contributed by atoms with Gasteiger partial charge in [-0.25, -0.2) is 18.8 Å². The van der Waals surface area contributed by atoms with Crippen molar-refractivity contribution in [3.63, 3.8) is 0 Å². The van der Waals surface area contributed by atoms with Gasteiger partial charge in [0.15, 0.2) is 12.0 Å². The van der Waals surface area contributed by atoms with Crippen molar-refractivity contribution in [3.8, 4) is 17.2 Å². The van der Waals surface area contributed by atoms with Gasteiger partial charge in [-0.05, 0) is 24.3 Å². The van der Waals surface area contributed by atoms with E-state index in [0.717, 1.165) is 29.3 Å². The minimum absolute atomic E-state index is 0.0255. The van der Waals surface area contributed by atoms with E-state index in [-0.39, 0.29) is 53.2 Å².